The third kappa shape index (κ3) is 4.34. The molecule has 1 aliphatic heterocycles. The molecule has 0 saturated carbocycles. The summed E-state index contributed by atoms with van der Waals surface area (Å²) >= 11 is 0. The molecule has 5 heteroatoms. The molecule has 0 aromatic heterocycles. The van der Waals surface area contributed by atoms with Crippen molar-refractivity contribution in [2.45, 2.75) is 52.1 Å². The van der Waals surface area contributed by atoms with Crippen molar-refractivity contribution in [1.82, 2.24) is 10.6 Å². The Morgan fingerprint density at radius 2 is 2.12 bits per heavy atom. The molecule has 0 spiro atoms. The highest BCUT2D eigenvalue weighted by molar-refractivity contribution is 5.87. The van der Waals surface area contributed by atoms with Gasteiger partial charge in [-0.2, -0.15) is 0 Å². The van der Waals surface area contributed by atoms with Crippen molar-refractivity contribution in [2.24, 2.45) is 11.1 Å². The van der Waals surface area contributed by atoms with Crippen molar-refractivity contribution in [3.05, 3.63) is 0 Å². The Hall–Kier alpha value is -1.10. The lowest BCUT2D eigenvalue weighted by atomic mass is 9.86. The van der Waals surface area contributed by atoms with E-state index in [2.05, 4.69) is 10.6 Å². The van der Waals surface area contributed by atoms with Crippen LogP contribution in [0, 0.1) is 5.41 Å². The molecule has 1 aliphatic rings. The molecular formula is C12H23N3O2. The van der Waals surface area contributed by atoms with Gasteiger partial charge in [0.05, 0.1) is 0 Å². The molecule has 5 nitrogen and oxygen atoms in total. The summed E-state index contributed by atoms with van der Waals surface area (Å²) in [7, 11) is 0. The van der Waals surface area contributed by atoms with Gasteiger partial charge in [-0.05, 0) is 24.8 Å². The fourth-order valence-corrected chi connectivity index (χ4v) is 2.09. The maximum Gasteiger partial charge on any atom is 0.240 e. The summed E-state index contributed by atoms with van der Waals surface area (Å²) in [5, 5.41) is 5.98. The van der Waals surface area contributed by atoms with Gasteiger partial charge < -0.3 is 16.4 Å². The second-order valence-electron chi connectivity index (χ2n) is 5.77. The van der Waals surface area contributed by atoms with Gasteiger partial charge in [0.25, 0.3) is 0 Å². The number of primary amides is 1. The average Bonchev–Trinajstić information content (AvgIpc) is 2.64. The summed E-state index contributed by atoms with van der Waals surface area (Å²) in [6.07, 6.45) is 2.54. The third-order valence-corrected chi connectivity index (χ3v) is 3.05. The van der Waals surface area contributed by atoms with Crippen LogP contribution in [0.15, 0.2) is 0 Å². The number of carbonyl (C=O) groups excluding carboxylic acids is 2. The first-order chi connectivity index (χ1) is 7.80. The van der Waals surface area contributed by atoms with Gasteiger partial charge in [0.1, 0.15) is 6.04 Å². The van der Waals surface area contributed by atoms with E-state index >= 15 is 0 Å². The van der Waals surface area contributed by atoms with E-state index in [1.165, 1.54) is 0 Å². The van der Waals surface area contributed by atoms with E-state index in [0.717, 1.165) is 19.4 Å². The van der Waals surface area contributed by atoms with Crippen molar-refractivity contribution in [1.29, 1.82) is 0 Å². The SMILES string of the molecule is CC(C)(C)C(NC(=O)CC1CCCN1)C(N)=O. The lowest BCUT2D eigenvalue weighted by molar-refractivity contribution is -0.130. The zero-order chi connectivity index (χ0) is 13.1. The van der Waals surface area contributed by atoms with Gasteiger partial charge >= 0.3 is 0 Å². The molecule has 1 heterocycles. The molecular weight excluding hydrogens is 218 g/mol. The van der Waals surface area contributed by atoms with Gasteiger partial charge in [-0.1, -0.05) is 20.8 Å². The molecule has 17 heavy (non-hydrogen) atoms. The van der Waals surface area contributed by atoms with Crippen LogP contribution in [-0.2, 0) is 9.59 Å². The summed E-state index contributed by atoms with van der Waals surface area (Å²) in [5.74, 6) is -0.589. The monoisotopic (exact) mass is 241 g/mol. The summed E-state index contributed by atoms with van der Waals surface area (Å²) in [4.78, 5) is 23.1. The molecule has 98 valence electrons. The maximum absolute atomic E-state index is 11.8. The van der Waals surface area contributed by atoms with Crippen LogP contribution in [0.25, 0.3) is 0 Å². The summed E-state index contributed by atoms with van der Waals surface area (Å²) < 4.78 is 0. The Kier molecular flexibility index (Phi) is 4.51. The van der Waals surface area contributed by atoms with Crippen LogP contribution in [-0.4, -0.2) is 30.4 Å². The Labute approximate surface area is 103 Å². The number of carbonyl (C=O) groups is 2. The Bertz CT molecular complexity index is 291. The second kappa shape index (κ2) is 5.49. The van der Waals surface area contributed by atoms with Crippen LogP contribution in [0.5, 0.6) is 0 Å². The fraction of sp³-hybridized carbons (Fsp3) is 0.833. The van der Waals surface area contributed by atoms with E-state index in [-0.39, 0.29) is 17.4 Å². The molecule has 1 rings (SSSR count). The number of amides is 2. The minimum Gasteiger partial charge on any atom is -0.368 e. The molecule has 1 saturated heterocycles. The van der Waals surface area contributed by atoms with Gasteiger partial charge in [-0.3, -0.25) is 9.59 Å². The number of nitrogens with one attached hydrogen (secondary N) is 2. The minimum atomic E-state index is -0.614. The van der Waals surface area contributed by atoms with Gasteiger partial charge in [0, 0.05) is 12.5 Å². The van der Waals surface area contributed by atoms with Crippen molar-refractivity contribution in [3.63, 3.8) is 0 Å². The van der Waals surface area contributed by atoms with Crippen molar-refractivity contribution >= 4 is 11.8 Å². The van der Waals surface area contributed by atoms with E-state index in [1.54, 1.807) is 0 Å². The average molecular weight is 241 g/mol. The molecule has 2 atom stereocenters. The number of hydrogen-bond donors (Lipinski definition) is 3. The summed E-state index contributed by atoms with van der Waals surface area (Å²) in [5.41, 5.74) is 4.95. The third-order valence-electron chi connectivity index (χ3n) is 3.05. The quantitative estimate of drug-likeness (QED) is 0.655. The van der Waals surface area contributed by atoms with Crippen molar-refractivity contribution in [2.75, 3.05) is 6.54 Å². The molecule has 2 amide bonds. The predicted molar refractivity (Wildman–Crippen MR) is 66.2 cm³/mol. The first-order valence-corrected chi connectivity index (χ1v) is 6.13. The molecule has 0 aromatic rings. The van der Waals surface area contributed by atoms with Gasteiger partial charge in [-0.15, -0.1) is 0 Å². The van der Waals surface area contributed by atoms with E-state index in [4.69, 9.17) is 5.73 Å². The minimum absolute atomic E-state index is 0.108. The Morgan fingerprint density at radius 3 is 2.53 bits per heavy atom. The van der Waals surface area contributed by atoms with E-state index < -0.39 is 11.9 Å². The number of hydrogen-bond acceptors (Lipinski definition) is 3. The van der Waals surface area contributed by atoms with E-state index in [1.807, 2.05) is 20.8 Å². The first kappa shape index (κ1) is 14.0. The van der Waals surface area contributed by atoms with Crippen LogP contribution < -0.4 is 16.4 Å². The van der Waals surface area contributed by atoms with E-state index in [9.17, 15) is 9.59 Å². The highest BCUT2D eigenvalue weighted by Gasteiger charge is 2.31. The lowest BCUT2D eigenvalue weighted by Gasteiger charge is -2.29. The highest BCUT2D eigenvalue weighted by atomic mass is 16.2. The van der Waals surface area contributed by atoms with E-state index in [0.29, 0.717) is 6.42 Å². The van der Waals surface area contributed by atoms with Crippen LogP contribution in [0.3, 0.4) is 0 Å². The highest BCUT2D eigenvalue weighted by Crippen LogP contribution is 2.19. The maximum atomic E-state index is 11.8. The predicted octanol–water partition coefficient (Wildman–Crippen LogP) is 0.145. The molecule has 0 aliphatic carbocycles. The van der Waals surface area contributed by atoms with Gasteiger partial charge in [0.15, 0.2) is 0 Å². The lowest BCUT2D eigenvalue weighted by Crippen LogP contribution is -2.52. The topological polar surface area (TPSA) is 84.2 Å². The molecule has 0 radical (unpaired) electrons. The second-order valence-corrected chi connectivity index (χ2v) is 5.77. The Morgan fingerprint density at radius 1 is 1.47 bits per heavy atom. The van der Waals surface area contributed by atoms with Crippen molar-refractivity contribution in [3.8, 4) is 0 Å². The number of rotatable bonds is 4. The fourth-order valence-electron chi connectivity index (χ4n) is 2.09. The van der Waals surface area contributed by atoms with Crippen LogP contribution in [0.2, 0.25) is 0 Å². The molecule has 2 unspecified atom stereocenters. The molecule has 0 bridgehead atoms. The molecule has 1 fully saturated rings. The van der Waals surface area contributed by atoms with Crippen LogP contribution in [0.1, 0.15) is 40.0 Å². The van der Waals surface area contributed by atoms with Crippen LogP contribution in [0.4, 0.5) is 0 Å². The van der Waals surface area contributed by atoms with Gasteiger partial charge in [-0.25, -0.2) is 0 Å². The smallest absolute Gasteiger partial charge is 0.240 e. The zero-order valence-electron chi connectivity index (χ0n) is 10.9. The van der Waals surface area contributed by atoms with Gasteiger partial charge in [0.2, 0.25) is 11.8 Å². The molecule has 0 aromatic carbocycles. The normalized spacial score (nSPS) is 22.2. The summed E-state index contributed by atoms with van der Waals surface area (Å²) in [6, 6.07) is -0.375. The van der Waals surface area contributed by atoms with Crippen LogP contribution >= 0.6 is 0 Å². The summed E-state index contributed by atoms with van der Waals surface area (Å²) in [6.45, 7) is 6.63. The largest absolute Gasteiger partial charge is 0.368 e. The van der Waals surface area contributed by atoms with Crippen molar-refractivity contribution < 1.29 is 9.59 Å². The standard InChI is InChI=1S/C12H23N3O2/c1-12(2,3)10(11(13)17)15-9(16)7-8-5-4-6-14-8/h8,10,14H,4-7H2,1-3H3,(H2,13,17)(H,15,16). The Balaban J connectivity index is 2.49. The first-order valence-electron chi connectivity index (χ1n) is 6.13. The zero-order valence-corrected chi connectivity index (χ0v) is 10.9. The number of nitrogens with two attached hydrogens (primary N) is 1. The molecule has 4 N–H and O–H groups in total.